The lowest BCUT2D eigenvalue weighted by molar-refractivity contribution is -0.146. The molecule has 0 bridgehead atoms. The number of fused-ring (bicyclic) bond motifs is 1. The summed E-state index contributed by atoms with van der Waals surface area (Å²) in [6.07, 6.45) is 4.38. The minimum Gasteiger partial charge on any atom is -0.357 e. The summed E-state index contributed by atoms with van der Waals surface area (Å²) in [4.78, 5) is 43.2. The highest BCUT2D eigenvalue weighted by atomic mass is 16.2. The van der Waals surface area contributed by atoms with E-state index in [4.69, 9.17) is 5.73 Å². The summed E-state index contributed by atoms with van der Waals surface area (Å²) in [5, 5.41) is 4.82. The van der Waals surface area contributed by atoms with Gasteiger partial charge in [-0.1, -0.05) is 78.9 Å². The molecule has 0 aliphatic carbocycles. The molecule has 3 amide bonds. The number of nitrogens with one attached hydrogen (secondary N) is 1. The van der Waals surface area contributed by atoms with Crippen LogP contribution in [-0.4, -0.2) is 66.3 Å². The molecule has 0 fully saturated rings. The molecule has 7 nitrogen and oxygen atoms in total. The highest BCUT2D eigenvalue weighted by molar-refractivity contribution is 5.95. The molecule has 2 atom stereocenters. The number of hydrogen-bond donors (Lipinski definition) is 2. The van der Waals surface area contributed by atoms with Gasteiger partial charge >= 0.3 is 0 Å². The van der Waals surface area contributed by atoms with E-state index in [1.807, 2.05) is 86.6 Å². The lowest BCUT2D eigenvalue weighted by Crippen LogP contribution is -2.55. The number of carbonyl (C=O) groups is 3. The number of nitrogens with two attached hydrogens (primary N) is 1. The monoisotopic (exact) mass is 528 g/mol. The number of carbonyl (C=O) groups excluding carboxylic acids is 3. The number of rotatable bonds is 11. The molecule has 0 spiro atoms. The predicted octanol–water partition coefficient (Wildman–Crippen LogP) is 3.71. The Bertz CT molecular complexity index is 1310. The van der Waals surface area contributed by atoms with E-state index in [0.717, 1.165) is 21.9 Å². The van der Waals surface area contributed by atoms with Gasteiger partial charge in [0.25, 0.3) is 0 Å². The van der Waals surface area contributed by atoms with Crippen molar-refractivity contribution in [3.05, 3.63) is 96.1 Å². The van der Waals surface area contributed by atoms with Crippen LogP contribution in [-0.2, 0) is 27.2 Å². The third-order valence-electron chi connectivity index (χ3n) is 6.93. The Kier molecular flexibility index (Phi) is 10.0. The van der Waals surface area contributed by atoms with E-state index in [0.29, 0.717) is 19.3 Å². The van der Waals surface area contributed by atoms with Crippen LogP contribution in [0.3, 0.4) is 0 Å². The minimum atomic E-state index is -0.805. The number of nitrogens with zero attached hydrogens (tertiary/aromatic N) is 2. The van der Waals surface area contributed by atoms with Gasteiger partial charge in [-0.05, 0) is 48.2 Å². The third-order valence-corrected chi connectivity index (χ3v) is 6.93. The Hall–Kier alpha value is -3.97. The van der Waals surface area contributed by atoms with Crippen LogP contribution in [0.5, 0.6) is 0 Å². The molecule has 0 aromatic heterocycles. The SMILES string of the molecule is CNC(=O)[C@@H](Cc1cccc2ccccc12)N(C)C(=O)[C@@H](Cc1ccccc1)N(C)C(=O)/C=C/CC(C)(C)N. The normalized spacial score (nSPS) is 13.2. The van der Waals surface area contributed by atoms with Gasteiger partial charge in [0, 0.05) is 39.5 Å². The summed E-state index contributed by atoms with van der Waals surface area (Å²) in [6.45, 7) is 3.77. The maximum atomic E-state index is 14.1. The second-order valence-electron chi connectivity index (χ2n) is 10.7. The first-order valence-corrected chi connectivity index (χ1v) is 13.2. The van der Waals surface area contributed by atoms with Crippen LogP contribution < -0.4 is 11.1 Å². The van der Waals surface area contributed by atoms with Gasteiger partial charge in [0.2, 0.25) is 17.7 Å². The van der Waals surface area contributed by atoms with Crippen LogP contribution in [0.1, 0.15) is 31.4 Å². The van der Waals surface area contributed by atoms with Gasteiger partial charge in [-0.25, -0.2) is 0 Å². The Balaban J connectivity index is 1.92. The quantitative estimate of drug-likeness (QED) is 0.371. The molecule has 0 saturated carbocycles. The fourth-order valence-electron chi connectivity index (χ4n) is 4.60. The summed E-state index contributed by atoms with van der Waals surface area (Å²) in [5.41, 5.74) is 7.49. The van der Waals surface area contributed by atoms with E-state index < -0.39 is 17.6 Å². The zero-order chi connectivity index (χ0) is 28.6. The van der Waals surface area contributed by atoms with Crippen molar-refractivity contribution >= 4 is 28.5 Å². The molecule has 39 heavy (non-hydrogen) atoms. The van der Waals surface area contributed by atoms with Gasteiger partial charge in [-0.15, -0.1) is 0 Å². The van der Waals surface area contributed by atoms with Crippen molar-refractivity contribution in [3.63, 3.8) is 0 Å². The molecule has 7 heteroatoms. The van der Waals surface area contributed by atoms with Crippen LogP contribution in [0.15, 0.2) is 84.9 Å². The van der Waals surface area contributed by atoms with Crippen molar-refractivity contribution in [2.24, 2.45) is 5.73 Å². The van der Waals surface area contributed by atoms with Crippen LogP contribution in [0, 0.1) is 0 Å². The molecule has 0 aliphatic heterocycles. The molecule has 3 aromatic rings. The molecule has 0 aliphatic rings. The fraction of sp³-hybridized carbons (Fsp3) is 0.344. The van der Waals surface area contributed by atoms with Crippen LogP contribution >= 0.6 is 0 Å². The number of hydrogen-bond acceptors (Lipinski definition) is 4. The summed E-state index contributed by atoms with van der Waals surface area (Å²) >= 11 is 0. The van der Waals surface area contributed by atoms with Crippen LogP contribution in [0.25, 0.3) is 10.8 Å². The predicted molar refractivity (Wildman–Crippen MR) is 157 cm³/mol. The fourth-order valence-corrected chi connectivity index (χ4v) is 4.60. The first kappa shape index (κ1) is 29.6. The summed E-state index contributed by atoms with van der Waals surface area (Å²) in [7, 11) is 4.83. The van der Waals surface area contributed by atoms with Gasteiger partial charge in [0.15, 0.2) is 0 Å². The van der Waals surface area contributed by atoms with Crippen molar-refractivity contribution in [1.82, 2.24) is 15.1 Å². The summed E-state index contributed by atoms with van der Waals surface area (Å²) in [6, 6.07) is 22.0. The van der Waals surface area contributed by atoms with Gasteiger partial charge in [-0.3, -0.25) is 14.4 Å². The minimum absolute atomic E-state index is 0.267. The average molecular weight is 529 g/mol. The Morgan fingerprint density at radius 3 is 2.18 bits per heavy atom. The zero-order valence-corrected chi connectivity index (χ0v) is 23.6. The lowest BCUT2D eigenvalue weighted by Gasteiger charge is -2.34. The molecule has 0 radical (unpaired) electrons. The maximum Gasteiger partial charge on any atom is 0.246 e. The van der Waals surface area contributed by atoms with Crippen molar-refractivity contribution in [1.29, 1.82) is 0 Å². The van der Waals surface area contributed by atoms with E-state index in [9.17, 15) is 14.4 Å². The first-order chi connectivity index (χ1) is 18.5. The topological polar surface area (TPSA) is 95.7 Å². The second-order valence-corrected chi connectivity index (χ2v) is 10.7. The largest absolute Gasteiger partial charge is 0.357 e. The van der Waals surface area contributed by atoms with Gasteiger partial charge in [0.1, 0.15) is 12.1 Å². The molecule has 0 heterocycles. The van der Waals surface area contributed by atoms with Gasteiger partial charge < -0.3 is 20.9 Å². The van der Waals surface area contributed by atoms with E-state index in [-0.39, 0.29) is 17.7 Å². The standard InChI is InChI=1S/C32H40N4O3/c1-32(2,33)20-12-19-29(37)35(4)28(21-23-13-7-6-8-14-23)31(39)36(5)27(30(38)34-3)22-25-17-11-16-24-15-9-10-18-26(24)25/h6-19,27-28H,20-22,33H2,1-5H3,(H,34,38)/b19-12+/t27-,28-/m1/s1. The van der Waals surface area contributed by atoms with Gasteiger partial charge in [-0.2, -0.15) is 0 Å². The van der Waals surface area contributed by atoms with Gasteiger partial charge in [0.05, 0.1) is 0 Å². The molecule has 3 rings (SSSR count). The summed E-state index contributed by atoms with van der Waals surface area (Å²) < 4.78 is 0. The number of likely N-dealkylation sites (N-methyl/N-ethyl adjacent to an activating group) is 3. The highest BCUT2D eigenvalue weighted by Crippen LogP contribution is 2.22. The number of amides is 3. The van der Waals surface area contributed by atoms with E-state index in [1.165, 1.54) is 15.9 Å². The molecule has 206 valence electrons. The van der Waals surface area contributed by atoms with E-state index in [2.05, 4.69) is 5.32 Å². The average Bonchev–Trinajstić information content (AvgIpc) is 2.93. The Morgan fingerprint density at radius 1 is 0.872 bits per heavy atom. The smallest absolute Gasteiger partial charge is 0.246 e. The van der Waals surface area contributed by atoms with Crippen LogP contribution in [0.2, 0.25) is 0 Å². The van der Waals surface area contributed by atoms with E-state index >= 15 is 0 Å². The zero-order valence-electron chi connectivity index (χ0n) is 23.6. The molecule has 0 unspecified atom stereocenters. The second kappa shape index (κ2) is 13.2. The molecule has 3 N–H and O–H groups in total. The highest BCUT2D eigenvalue weighted by Gasteiger charge is 2.34. The van der Waals surface area contributed by atoms with Crippen molar-refractivity contribution < 1.29 is 14.4 Å². The Morgan fingerprint density at radius 2 is 1.51 bits per heavy atom. The molecular formula is C32H40N4O3. The van der Waals surface area contributed by atoms with Crippen molar-refractivity contribution in [2.75, 3.05) is 21.1 Å². The Labute approximate surface area is 231 Å². The first-order valence-electron chi connectivity index (χ1n) is 13.2. The molecular weight excluding hydrogens is 488 g/mol. The van der Waals surface area contributed by atoms with Crippen LogP contribution in [0.4, 0.5) is 0 Å². The lowest BCUT2D eigenvalue weighted by atomic mass is 9.96. The third kappa shape index (κ3) is 8.01. The van der Waals surface area contributed by atoms with Crippen molar-refractivity contribution in [2.45, 2.75) is 50.7 Å². The molecule has 3 aromatic carbocycles. The maximum absolute atomic E-state index is 14.1. The van der Waals surface area contributed by atoms with Crippen molar-refractivity contribution in [3.8, 4) is 0 Å². The number of benzene rings is 3. The molecule has 0 saturated heterocycles. The van der Waals surface area contributed by atoms with E-state index in [1.54, 1.807) is 27.2 Å². The summed E-state index contributed by atoms with van der Waals surface area (Å²) in [5.74, 6) is -0.875.